The van der Waals surface area contributed by atoms with Crippen LogP contribution in [-0.2, 0) is 0 Å². The van der Waals surface area contributed by atoms with E-state index in [-0.39, 0.29) is 18.2 Å². The average molecular weight is 387 g/mol. The summed E-state index contributed by atoms with van der Waals surface area (Å²) in [5.41, 5.74) is 1.41. The lowest BCUT2D eigenvalue weighted by molar-refractivity contribution is 0.103. The van der Waals surface area contributed by atoms with Gasteiger partial charge in [-0.2, -0.15) is 0 Å². The number of hydrogen-bond donors (Lipinski definition) is 2. The number of halogens is 3. The molecule has 0 radical (unpaired) electrons. The summed E-state index contributed by atoms with van der Waals surface area (Å²) in [6.07, 6.45) is -0.709. The number of hydrogen-bond acceptors (Lipinski definition) is 3. The van der Waals surface area contributed by atoms with Gasteiger partial charge in [-0.3, -0.25) is 4.79 Å². The highest BCUT2D eigenvalue weighted by atomic mass is 79.9. The molecule has 0 saturated heterocycles. The van der Waals surface area contributed by atoms with Crippen molar-refractivity contribution < 1.29 is 14.3 Å². The maximum atomic E-state index is 13.0. The van der Waals surface area contributed by atoms with E-state index in [4.69, 9.17) is 11.6 Å². The summed E-state index contributed by atoms with van der Waals surface area (Å²) in [7, 11) is 0. The molecule has 116 valence electrons. The van der Waals surface area contributed by atoms with E-state index in [9.17, 15) is 14.3 Å². The second-order valence-corrected chi connectivity index (χ2v) is 5.94. The number of anilines is 1. The molecule has 0 saturated carbocycles. The zero-order valence-electron chi connectivity index (χ0n) is 11.5. The van der Waals surface area contributed by atoms with Crippen molar-refractivity contribution in [2.75, 3.05) is 17.7 Å². The molecule has 2 aromatic rings. The van der Waals surface area contributed by atoms with E-state index >= 15 is 0 Å². The number of ketones is 1. The van der Waals surface area contributed by atoms with Gasteiger partial charge in [0.05, 0.1) is 12.0 Å². The Bertz CT molecular complexity index is 664. The lowest BCUT2D eigenvalue weighted by atomic mass is 10.0. The first-order valence-electron chi connectivity index (χ1n) is 6.59. The summed E-state index contributed by atoms with van der Waals surface area (Å²) >= 11 is 8.89. The van der Waals surface area contributed by atoms with Crippen LogP contribution in [0.3, 0.4) is 0 Å². The third-order valence-corrected chi connectivity index (χ3v) is 3.89. The Kier molecular flexibility index (Phi) is 5.94. The first kappa shape index (κ1) is 16.9. The molecule has 0 aliphatic rings. The first-order chi connectivity index (χ1) is 10.5. The highest BCUT2D eigenvalue weighted by Crippen LogP contribution is 2.24. The highest BCUT2D eigenvalue weighted by Gasteiger charge is 2.15. The standard InChI is InChI=1S/C16H14BrClFNO2/c17-11-3-6-15(20-9-13(21)8-18)14(7-11)16(22)10-1-4-12(19)5-2-10/h1-7,13,20-21H,8-9H2. The Morgan fingerprint density at radius 2 is 1.95 bits per heavy atom. The van der Waals surface area contributed by atoms with Gasteiger partial charge in [0.2, 0.25) is 0 Å². The molecule has 0 spiro atoms. The van der Waals surface area contributed by atoms with Crippen LogP contribution in [0.15, 0.2) is 46.9 Å². The number of carbonyl (C=O) groups excluding carboxylic acids is 1. The van der Waals surface area contributed by atoms with Gasteiger partial charge in [0.15, 0.2) is 5.78 Å². The molecular weight excluding hydrogens is 373 g/mol. The molecule has 2 aromatic carbocycles. The molecule has 3 nitrogen and oxygen atoms in total. The Morgan fingerprint density at radius 1 is 1.27 bits per heavy atom. The molecule has 0 aliphatic heterocycles. The molecule has 0 bridgehead atoms. The van der Waals surface area contributed by atoms with Crippen molar-refractivity contribution in [3.63, 3.8) is 0 Å². The summed E-state index contributed by atoms with van der Waals surface area (Å²) in [6.45, 7) is 0.231. The summed E-state index contributed by atoms with van der Waals surface area (Å²) in [4.78, 5) is 12.6. The van der Waals surface area contributed by atoms with Gasteiger partial charge in [-0.25, -0.2) is 4.39 Å². The number of aliphatic hydroxyl groups excluding tert-OH is 1. The first-order valence-corrected chi connectivity index (χ1v) is 7.91. The van der Waals surface area contributed by atoms with Gasteiger partial charge >= 0.3 is 0 Å². The molecular formula is C16H14BrClFNO2. The SMILES string of the molecule is O=C(c1ccc(F)cc1)c1cc(Br)ccc1NCC(O)CCl. The predicted octanol–water partition coefficient (Wildman–Crippen LogP) is 3.83. The van der Waals surface area contributed by atoms with Crippen molar-refractivity contribution in [3.05, 3.63) is 63.9 Å². The third kappa shape index (κ3) is 4.29. The predicted molar refractivity (Wildman–Crippen MR) is 89.2 cm³/mol. The molecule has 6 heteroatoms. The van der Waals surface area contributed by atoms with E-state index in [0.717, 1.165) is 4.47 Å². The minimum Gasteiger partial charge on any atom is -0.390 e. The minimum absolute atomic E-state index is 0.102. The lowest BCUT2D eigenvalue weighted by Gasteiger charge is -2.14. The summed E-state index contributed by atoms with van der Waals surface area (Å²) in [5.74, 6) is -0.524. The van der Waals surface area contributed by atoms with Crippen molar-refractivity contribution in [3.8, 4) is 0 Å². The van der Waals surface area contributed by atoms with Gasteiger partial charge in [-0.15, -0.1) is 11.6 Å². The third-order valence-electron chi connectivity index (χ3n) is 3.04. The van der Waals surface area contributed by atoms with Crippen LogP contribution in [0.5, 0.6) is 0 Å². The molecule has 0 aromatic heterocycles. The maximum absolute atomic E-state index is 13.0. The van der Waals surface area contributed by atoms with Gasteiger partial charge in [-0.05, 0) is 42.5 Å². The molecule has 0 amide bonds. The number of aliphatic hydroxyl groups is 1. The molecule has 22 heavy (non-hydrogen) atoms. The van der Waals surface area contributed by atoms with Gasteiger partial charge in [0.1, 0.15) is 5.82 Å². The van der Waals surface area contributed by atoms with Gasteiger partial charge in [-0.1, -0.05) is 15.9 Å². The van der Waals surface area contributed by atoms with Crippen LogP contribution in [0.1, 0.15) is 15.9 Å². The number of alkyl halides is 1. The Labute approximate surface area is 141 Å². The average Bonchev–Trinajstić information content (AvgIpc) is 2.53. The molecule has 2 N–H and O–H groups in total. The molecule has 0 fully saturated rings. The zero-order valence-corrected chi connectivity index (χ0v) is 13.9. The van der Waals surface area contributed by atoms with Crippen LogP contribution in [0, 0.1) is 5.82 Å². The summed E-state index contributed by atoms with van der Waals surface area (Å²) in [6, 6.07) is 10.6. The van der Waals surface area contributed by atoms with Crippen LogP contribution >= 0.6 is 27.5 Å². The zero-order chi connectivity index (χ0) is 16.1. The van der Waals surface area contributed by atoms with Crippen molar-refractivity contribution in [2.45, 2.75) is 6.10 Å². The second kappa shape index (κ2) is 7.72. The van der Waals surface area contributed by atoms with Crippen LogP contribution in [0.25, 0.3) is 0 Å². The molecule has 0 heterocycles. The van der Waals surface area contributed by atoms with E-state index in [0.29, 0.717) is 16.8 Å². The van der Waals surface area contributed by atoms with Crippen LogP contribution in [-0.4, -0.2) is 29.4 Å². The monoisotopic (exact) mass is 385 g/mol. The van der Waals surface area contributed by atoms with Crippen LogP contribution < -0.4 is 5.32 Å². The number of nitrogens with one attached hydrogen (secondary N) is 1. The summed E-state index contributed by atoms with van der Waals surface area (Å²) in [5, 5.41) is 12.5. The molecule has 0 aliphatic carbocycles. The maximum Gasteiger partial charge on any atom is 0.195 e. The normalized spacial score (nSPS) is 12.0. The van der Waals surface area contributed by atoms with Gasteiger partial charge < -0.3 is 10.4 Å². The quantitative estimate of drug-likeness (QED) is 0.586. The lowest BCUT2D eigenvalue weighted by Crippen LogP contribution is -2.22. The number of rotatable bonds is 6. The Hall–Kier alpha value is -1.43. The van der Waals surface area contributed by atoms with E-state index in [1.165, 1.54) is 24.3 Å². The van der Waals surface area contributed by atoms with E-state index in [1.54, 1.807) is 18.2 Å². The van der Waals surface area contributed by atoms with E-state index in [1.807, 2.05) is 0 Å². The highest BCUT2D eigenvalue weighted by molar-refractivity contribution is 9.10. The van der Waals surface area contributed by atoms with Crippen molar-refractivity contribution in [2.24, 2.45) is 0 Å². The van der Waals surface area contributed by atoms with Crippen molar-refractivity contribution >= 4 is 39.0 Å². The molecule has 1 unspecified atom stereocenters. The van der Waals surface area contributed by atoms with E-state index < -0.39 is 11.9 Å². The number of carbonyl (C=O) groups is 1. The van der Waals surface area contributed by atoms with Crippen LogP contribution in [0.2, 0.25) is 0 Å². The largest absolute Gasteiger partial charge is 0.390 e. The number of benzene rings is 2. The molecule has 2 rings (SSSR count). The van der Waals surface area contributed by atoms with Gasteiger partial charge in [0, 0.05) is 27.8 Å². The van der Waals surface area contributed by atoms with Crippen molar-refractivity contribution in [1.82, 2.24) is 0 Å². The fraction of sp³-hybridized carbons (Fsp3) is 0.188. The van der Waals surface area contributed by atoms with Crippen molar-refractivity contribution in [1.29, 1.82) is 0 Å². The fourth-order valence-corrected chi connectivity index (χ4v) is 2.37. The Morgan fingerprint density at radius 3 is 2.59 bits per heavy atom. The Balaban J connectivity index is 2.30. The smallest absolute Gasteiger partial charge is 0.195 e. The second-order valence-electron chi connectivity index (χ2n) is 4.71. The summed E-state index contributed by atoms with van der Waals surface area (Å²) < 4.78 is 13.7. The van der Waals surface area contributed by atoms with E-state index in [2.05, 4.69) is 21.2 Å². The van der Waals surface area contributed by atoms with Crippen LogP contribution in [0.4, 0.5) is 10.1 Å². The molecule has 1 atom stereocenters. The topological polar surface area (TPSA) is 49.3 Å². The van der Waals surface area contributed by atoms with Gasteiger partial charge in [0.25, 0.3) is 0 Å². The minimum atomic E-state index is -0.709. The fourth-order valence-electron chi connectivity index (χ4n) is 1.90.